The summed E-state index contributed by atoms with van der Waals surface area (Å²) >= 11 is 0. The van der Waals surface area contributed by atoms with Crippen molar-refractivity contribution >= 4 is 18.3 Å². The van der Waals surface area contributed by atoms with E-state index in [-0.39, 0.29) is 18.3 Å². The molecule has 3 aliphatic rings. The van der Waals surface area contributed by atoms with Gasteiger partial charge in [0.1, 0.15) is 0 Å². The minimum atomic E-state index is 0. The third kappa shape index (κ3) is 1.97. The van der Waals surface area contributed by atoms with Crippen LogP contribution in [0.1, 0.15) is 6.42 Å². The third-order valence-electron chi connectivity index (χ3n) is 3.53. The molecular formula is C11H17ClN2O2. The molecule has 4 nitrogen and oxygen atoms in total. The van der Waals surface area contributed by atoms with Crippen molar-refractivity contribution in [3.05, 3.63) is 11.1 Å². The molecule has 5 heteroatoms. The quantitative estimate of drug-likeness (QED) is 0.670. The van der Waals surface area contributed by atoms with Crippen molar-refractivity contribution in [1.29, 1.82) is 0 Å². The molecule has 16 heavy (non-hydrogen) atoms. The maximum atomic E-state index is 12.1. The maximum Gasteiger partial charge on any atom is 0.228 e. The number of carbonyl (C=O) groups excluding carboxylic acids is 1. The largest absolute Gasteiger partial charge is 0.381 e. The molecule has 90 valence electrons. The summed E-state index contributed by atoms with van der Waals surface area (Å²) in [6.07, 6.45) is 0.901. The first-order chi connectivity index (χ1) is 7.34. The fraction of sp³-hybridized carbons (Fsp3) is 0.727. The lowest BCUT2D eigenvalue weighted by Crippen LogP contribution is -2.37. The Labute approximate surface area is 101 Å². The van der Waals surface area contributed by atoms with Crippen LogP contribution in [-0.2, 0) is 9.53 Å². The van der Waals surface area contributed by atoms with E-state index < -0.39 is 0 Å². The van der Waals surface area contributed by atoms with Gasteiger partial charge in [-0.25, -0.2) is 0 Å². The molecule has 3 aliphatic heterocycles. The Morgan fingerprint density at radius 2 is 2.00 bits per heavy atom. The van der Waals surface area contributed by atoms with Crippen LogP contribution in [0.3, 0.4) is 0 Å². The van der Waals surface area contributed by atoms with Crippen molar-refractivity contribution < 1.29 is 9.53 Å². The van der Waals surface area contributed by atoms with Crippen molar-refractivity contribution in [2.45, 2.75) is 6.42 Å². The molecule has 0 aromatic rings. The average molecular weight is 245 g/mol. The summed E-state index contributed by atoms with van der Waals surface area (Å²) in [5.41, 5.74) is 2.87. The summed E-state index contributed by atoms with van der Waals surface area (Å²) < 4.78 is 5.26. The van der Waals surface area contributed by atoms with E-state index >= 15 is 0 Å². The first-order valence-electron chi connectivity index (χ1n) is 5.61. The van der Waals surface area contributed by atoms with Crippen LogP contribution in [-0.4, -0.2) is 50.2 Å². The van der Waals surface area contributed by atoms with Crippen molar-refractivity contribution in [2.24, 2.45) is 5.92 Å². The summed E-state index contributed by atoms with van der Waals surface area (Å²) in [6.45, 7) is 5.01. The van der Waals surface area contributed by atoms with E-state index in [9.17, 15) is 4.79 Å². The first kappa shape index (κ1) is 11.9. The number of amides is 1. The number of ether oxygens (including phenoxy) is 1. The van der Waals surface area contributed by atoms with Crippen molar-refractivity contribution in [3.8, 4) is 0 Å². The molecule has 1 fully saturated rings. The van der Waals surface area contributed by atoms with Gasteiger partial charge in [-0.2, -0.15) is 0 Å². The second-order valence-corrected chi connectivity index (χ2v) is 4.57. The van der Waals surface area contributed by atoms with Gasteiger partial charge in [-0.05, 0) is 17.6 Å². The lowest BCUT2D eigenvalue weighted by Gasteiger charge is -2.21. The zero-order valence-electron chi connectivity index (χ0n) is 9.20. The molecule has 0 bridgehead atoms. The summed E-state index contributed by atoms with van der Waals surface area (Å²) in [7, 11) is 0. The third-order valence-corrected chi connectivity index (χ3v) is 3.53. The van der Waals surface area contributed by atoms with Gasteiger partial charge in [0.25, 0.3) is 0 Å². The van der Waals surface area contributed by atoms with Gasteiger partial charge in [0.05, 0.1) is 12.5 Å². The molecule has 0 aliphatic carbocycles. The van der Waals surface area contributed by atoms with Crippen LogP contribution >= 0.6 is 12.4 Å². The van der Waals surface area contributed by atoms with Gasteiger partial charge in [-0.1, -0.05) is 0 Å². The highest BCUT2D eigenvalue weighted by atomic mass is 35.5. The smallest absolute Gasteiger partial charge is 0.228 e. The monoisotopic (exact) mass is 244 g/mol. The van der Waals surface area contributed by atoms with Gasteiger partial charge in [0, 0.05) is 32.8 Å². The Bertz CT molecular complexity index is 308. The van der Waals surface area contributed by atoms with Gasteiger partial charge in [-0.15, -0.1) is 12.4 Å². The minimum absolute atomic E-state index is 0. The molecule has 0 saturated carbocycles. The average Bonchev–Trinajstić information content (AvgIpc) is 2.92. The number of hydrogen-bond donors (Lipinski definition) is 1. The fourth-order valence-corrected chi connectivity index (χ4v) is 2.61. The van der Waals surface area contributed by atoms with E-state index in [2.05, 4.69) is 5.32 Å². The number of hydrogen-bond acceptors (Lipinski definition) is 3. The molecule has 0 aromatic heterocycles. The molecule has 1 saturated heterocycles. The molecule has 1 N–H and O–H groups in total. The Morgan fingerprint density at radius 3 is 2.56 bits per heavy atom. The van der Waals surface area contributed by atoms with Crippen LogP contribution in [0.5, 0.6) is 0 Å². The highest BCUT2D eigenvalue weighted by Gasteiger charge is 2.33. The standard InChI is InChI=1S/C11H16N2O2.ClH/c14-11(8-1-2-15-7-8)13-5-9-3-12-4-10(9)6-13;/h8,12H,1-7H2;1H/t8-;/m1./s1. The van der Waals surface area contributed by atoms with Gasteiger partial charge >= 0.3 is 0 Å². The first-order valence-corrected chi connectivity index (χ1v) is 5.61. The van der Waals surface area contributed by atoms with Gasteiger partial charge in [-0.3, -0.25) is 4.79 Å². The number of halogens is 1. The molecule has 0 radical (unpaired) electrons. The normalized spacial score (nSPS) is 28.2. The Kier molecular flexibility index (Phi) is 3.52. The van der Waals surface area contributed by atoms with E-state index in [4.69, 9.17) is 4.74 Å². The SMILES string of the molecule is Cl.O=C([C@@H]1CCOC1)N1CC2=C(CNC2)C1. The predicted octanol–water partition coefficient (Wildman–Crippen LogP) is 0.187. The Morgan fingerprint density at radius 1 is 1.31 bits per heavy atom. The van der Waals surface area contributed by atoms with E-state index in [1.807, 2.05) is 4.90 Å². The van der Waals surface area contributed by atoms with Crippen LogP contribution in [0.15, 0.2) is 11.1 Å². The molecule has 1 amide bonds. The van der Waals surface area contributed by atoms with E-state index in [0.29, 0.717) is 12.5 Å². The molecule has 0 aromatic carbocycles. The lowest BCUT2D eigenvalue weighted by atomic mass is 10.1. The minimum Gasteiger partial charge on any atom is -0.381 e. The van der Waals surface area contributed by atoms with Crippen LogP contribution in [0.4, 0.5) is 0 Å². The zero-order chi connectivity index (χ0) is 10.3. The molecular weight excluding hydrogens is 228 g/mol. The van der Waals surface area contributed by atoms with Gasteiger partial charge < -0.3 is 15.0 Å². The highest BCUT2D eigenvalue weighted by Crippen LogP contribution is 2.24. The summed E-state index contributed by atoms with van der Waals surface area (Å²) in [4.78, 5) is 14.1. The Hall–Kier alpha value is -0.580. The second-order valence-electron chi connectivity index (χ2n) is 4.57. The van der Waals surface area contributed by atoms with Crippen LogP contribution in [0.2, 0.25) is 0 Å². The molecule has 0 unspecified atom stereocenters. The van der Waals surface area contributed by atoms with Crippen molar-refractivity contribution in [3.63, 3.8) is 0 Å². The molecule has 3 rings (SSSR count). The number of carbonyl (C=O) groups is 1. The second kappa shape index (κ2) is 4.73. The maximum absolute atomic E-state index is 12.1. The zero-order valence-corrected chi connectivity index (χ0v) is 10.0. The van der Waals surface area contributed by atoms with E-state index in [1.54, 1.807) is 0 Å². The summed E-state index contributed by atoms with van der Waals surface area (Å²) in [5.74, 6) is 0.417. The van der Waals surface area contributed by atoms with Crippen LogP contribution < -0.4 is 5.32 Å². The number of rotatable bonds is 1. The Balaban J connectivity index is 0.000000963. The number of nitrogens with one attached hydrogen (secondary N) is 1. The number of nitrogens with zero attached hydrogens (tertiary/aromatic N) is 1. The van der Waals surface area contributed by atoms with Crippen LogP contribution in [0.25, 0.3) is 0 Å². The molecule has 0 spiro atoms. The lowest BCUT2D eigenvalue weighted by molar-refractivity contribution is -0.134. The predicted molar refractivity (Wildman–Crippen MR) is 62.6 cm³/mol. The topological polar surface area (TPSA) is 41.6 Å². The van der Waals surface area contributed by atoms with E-state index in [0.717, 1.165) is 39.2 Å². The van der Waals surface area contributed by atoms with Crippen molar-refractivity contribution in [1.82, 2.24) is 10.2 Å². The molecule has 1 atom stereocenters. The highest BCUT2D eigenvalue weighted by molar-refractivity contribution is 5.85. The van der Waals surface area contributed by atoms with Crippen molar-refractivity contribution in [2.75, 3.05) is 39.4 Å². The van der Waals surface area contributed by atoms with Gasteiger partial charge in [0.2, 0.25) is 5.91 Å². The van der Waals surface area contributed by atoms with E-state index in [1.165, 1.54) is 11.1 Å². The molecule has 3 heterocycles. The fourth-order valence-electron chi connectivity index (χ4n) is 2.61. The summed E-state index contributed by atoms with van der Waals surface area (Å²) in [6, 6.07) is 0. The van der Waals surface area contributed by atoms with Crippen LogP contribution in [0, 0.1) is 5.92 Å². The van der Waals surface area contributed by atoms with Gasteiger partial charge in [0.15, 0.2) is 0 Å². The summed E-state index contributed by atoms with van der Waals surface area (Å²) in [5, 5.41) is 3.32.